The van der Waals surface area contributed by atoms with Crippen LogP contribution in [-0.2, 0) is 17.6 Å². The highest BCUT2D eigenvalue weighted by Crippen LogP contribution is 2.38. The Balaban J connectivity index is 1.55. The molecule has 0 atom stereocenters. The van der Waals surface area contributed by atoms with E-state index in [9.17, 15) is 4.79 Å². The molecular formula is C25H29ClN4OS. The topological polar surface area (TPSA) is 59.8 Å². The summed E-state index contributed by atoms with van der Waals surface area (Å²) in [5.74, 6) is 1.05. The van der Waals surface area contributed by atoms with E-state index < -0.39 is 0 Å². The Morgan fingerprint density at radius 2 is 1.75 bits per heavy atom. The second kappa shape index (κ2) is 10.5. The first kappa shape index (κ1) is 22.9. The van der Waals surface area contributed by atoms with Crippen LogP contribution < -0.4 is 5.32 Å². The second-order valence-electron chi connectivity index (χ2n) is 8.09. The van der Waals surface area contributed by atoms with Crippen molar-refractivity contribution in [2.75, 3.05) is 11.1 Å². The van der Waals surface area contributed by atoms with E-state index in [0.29, 0.717) is 11.1 Å². The number of para-hydroxylation sites is 1. The van der Waals surface area contributed by atoms with Gasteiger partial charge in [-0.3, -0.25) is 9.36 Å². The van der Waals surface area contributed by atoms with Crippen LogP contribution in [0.1, 0.15) is 56.7 Å². The number of thioether (sulfide) groups is 1. The molecule has 1 aliphatic carbocycles. The number of nitrogens with one attached hydrogen (secondary N) is 1. The lowest BCUT2D eigenvalue weighted by Crippen LogP contribution is -2.17. The number of amides is 1. The van der Waals surface area contributed by atoms with Gasteiger partial charge in [-0.25, -0.2) is 0 Å². The maximum absolute atomic E-state index is 12.9. The lowest BCUT2D eigenvalue weighted by molar-refractivity contribution is -0.113. The van der Waals surface area contributed by atoms with E-state index >= 15 is 0 Å². The summed E-state index contributed by atoms with van der Waals surface area (Å²) in [6, 6.07) is 14.3. The third-order valence-corrected chi connectivity index (χ3v) is 7.34. The number of carbonyl (C=O) groups excluding carboxylic acids is 1. The summed E-state index contributed by atoms with van der Waals surface area (Å²) in [4.78, 5) is 12.9. The van der Waals surface area contributed by atoms with Gasteiger partial charge in [-0.15, -0.1) is 10.2 Å². The first-order chi connectivity index (χ1) is 15.6. The van der Waals surface area contributed by atoms with Gasteiger partial charge < -0.3 is 5.32 Å². The fourth-order valence-electron chi connectivity index (χ4n) is 4.40. The first-order valence-corrected chi connectivity index (χ1v) is 12.7. The van der Waals surface area contributed by atoms with Crippen molar-refractivity contribution in [3.8, 4) is 11.4 Å². The second-order valence-corrected chi connectivity index (χ2v) is 9.44. The number of carbonyl (C=O) groups is 1. The number of halogens is 1. The van der Waals surface area contributed by atoms with Gasteiger partial charge in [0.1, 0.15) is 0 Å². The molecule has 1 aliphatic rings. The molecule has 3 aromatic rings. The van der Waals surface area contributed by atoms with Crippen LogP contribution in [0.4, 0.5) is 5.69 Å². The van der Waals surface area contributed by atoms with Crippen molar-refractivity contribution in [2.45, 2.75) is 63.6 Å². The molecular weight excluding hydrogens is 440 g/mol. The van der Waals surface area contributed by atoms with Gasteiger partial charge in [-0.1, -0.05) is 80.4 Å². The van der Waals surface area contributed by atoms with E-state index in [2.05, 4.69) is 52.1 Å². The van der Waals surface area contributed by atoms with Crippen molar-refractivity contribution >= 4 is 35.0 Å². The lowest BCUT2D eigenvalue weighted by Gasteiger charge is -2.18. The van der Waals surface area contributed by atoms with Crippen LogP contribution in [0.25, 0.3) is 11.4 Å². The number of anilines is 1. The average molecular weight is 469 g/mol. The number of hydrogen-bond donors (Lipinski definition) is 1. The predicted molar refractivity (Wildman–Crippen MR) is 133 cm³/mol. The number of benzene rings is 2. The van der Waals surface area contributed by atoms with Crippen LogP contribution in [0.15, 0.2) is 47.6 Å². The molecule has 0 spiro atoms. The molecule has 2 aromatic carbocycles. The molecule has 1 saturated carbocycles. The Hall–Kier alpha value is -2.31. The molecule has 7 heteroatoms. The minimum atomic E-state index is -0.0223. The Bertz CT molecular complexity index is 1070. The van der Waals surface area contributed by atoms with Crippen LogP contribution in [0.3, 0.4) is 0 Å². The minimum Gasteiger partial charge on any atom is -0.325 e. The molecule has 1 fully saturated rings. The SMILES string of the molecule is CCc1cccc(CC)c1NC(=O)CSc1nnc(-c2ccccc2Cl)n1C1CCCC1. The summed E-state index contributed by atoms with van der Waals surface area (Å²) in [6.07, 6.45) is 6.35. The molecule has 0 radical (unpaired) electrons. The highest BCUT2D eigenvalue weighted by atomic mass is 35.5. The van der Waals surface area contributed by atoms with Gasteiger partial charge in [0.05, 0.1) is 10.8 Å². The molecule has 1 amide bonds. The van der Waals surface area contributed by atoms with Crippen LogP contribution >= 0.6 is 23.4 Å². The molecule has 32 heavy (non-hydrogen) atoms. The highest BCUT2D eigenvalue weighted by molar-refractivity contribution is 7.99. The maximum Gasteiger partial charge on any atom is 0.234 e. The van der Waals surface area contributed by atoms with Crippen LogP contribution in [0, 0.1) is 0 Å². The summed E-state index contributed by atoms with van der Waals surface area (Å²) < 4.78 is 2.20. The van der Waals surface area contributed by atoms with Crippen LogP contribution in [-0.4, -0.2) is 26.4 Å². The molecule has 0 bridgehead atoms. The Labute approximate surface area is 199 Å². The minimum absolute atomic E-state index is 0.0223. The molecule has 1 aromatic heterocycles. The quantitative estimate of drug-likeness (QED) is 0.380. The maximum atomic E-state index is 12.9. The van der Waals surface area contributed by atoms with Gasteiger partial charge in [-0.2, -0.15) is 0 Å². The molecule has 0 saturated heterocycles. The normalized spacial score (nSPS) is 14.1. The lowest BCUT2D eigenvalue weighted by atomic mass is 10.0. The van der Waals surface area contributed by atoms with Gasteiger partial charge in [0.25, 0.3) is 0 Å². The standard InChI is InChI=1S/C25H29ClN4OS/c1-3-17-10-9-11-18(4-2)23(17)27-22(31)16-32-25-29-28-24(20-14-7-8-15-21(20)26)30(25)19-12-5-6-13-19/h7-11,14-15,19H,3-6,12-13,16H2,1-2H3,(H,27,31). The number of aromatic nitrogens is 3. The zero-order valence-corrected chi connectivity index (χ0v) is 20.2. The van der Waals surface area contributed by atoms with E-state index in [1.807, 2.05) is 24.3 Å². The molecule has 0 aliphatic heterocycles. The van der Waals surface area contributed by atoms with E-state index in [0.717, 1.165) is 59.0 Å². The summed E-state index contributed by atoms with van der Waals surface area (Å²) in [7, 11) is 0. The summed E-state index contributed by atoms with van der Waals surface area (Å²) in [6.45, 7) is 4.22. The van der Waals surface area contributed by atoms with Gasteiger partial charge in [-0.05, 0) is 48.9 Å². The monoisotopic (exact) mass is 468 g/mol. The number of hydrogen-bond acceptors (Lipinski definition) is 4. The van der Waals surface area contributed by atoms with Crippen molar-refractivity contribution in [3.05, 3.63) is 58.6 Å². The van der Waals surface area contributed by atoms with Crippen molar-refractivity contribution < 1.29 is 4.79 Å². The molecule has 4 rings (SSSR count). The number of aryl methyl sites for hydroxylation is 2. The average Bonchev–Trinajstić information content (AvgIpc) is 3.48. The summed E-state index contributed by atoms with van der Waals surface area (Å²) >= 11 is 7.91. The van der Waals surface area contributed by atoms with Crippen molar-refractivity contribution in [3.63, 3.8) is 0 Å². The van der Waals surface area contributed by atoms with Crippen LogP contribution in [0.2, 0.25) is 5.02 Å². The van der Waals surface area contributed by atoms with Gasteiger partial charge in [0.15, 0.2) is 11.0 Å². The predicted octanol–water partition coefficient (Wildman–Crippen LogP) is 6.57. The summed E-state index contributed by atoms with van der Waals surface area (Å²) in [5.41, 5.74) is 4.17. The third-order valence-electron chi connectivity index (χ3n) is 6.06. The van der Waals surface area contributed by atoms with E-state index in [4.69, 9.17) is 11.6 Å². The fraction of sp³-hybridized carbons (Fsp3) is 0.400. The molecule has 1 heterocycles. The highest BCUT2D eigenvalue weighted by Gasteiger charge is 2.26. The van der Waals surface area contributed by atoms with E-state index in [1.165, 1.54) is 24.6 Å². The zero-order valence-electron chi connectivity index (χ0n) is 18.6. The zero-order chi connectivity index (χ0) is 22.5. The largest absolute Gasteiger partial charge is 0.325 e. The third kappa shape index (κ3) is 4.86. The number of nitrogens with zero attached hydrogens (tertiary/aromatic N) is 3. The van der Waals surface area contributed by atoms with E-state index in [-0.39, 0.29) is 11.7 Å². The molecule has 1 N–H and O–H groups in total. The van der Waals surface area contributed by atoms with E-state index in [1.54, 1.807) is 0 Å². The molecule has 5 nitrogen and oxygen atoms in total. The van der Waals surface area contributed by atoms with Crippen molar-refractivity contribution in [1.82, 2.24) is 14.8 Å². The fourth-order valence-corrected chi connectivity index (χ4v) is 5.43. The Morgan fingerprint density at radius 3 is 2.41 bits per heavy atom. The smallest absolute Gasteiger partial charge is 0.234 e. The Kier molecular flexibility index (Phi) is 7.53. The van der Waals surface area contributed by atoms with Gasteiger partial charge in [0, 0.05) is 17.3 Å². The molecule has 168 valence electrons. The van der Waals surface area contributed by atoms with Crippen molar-refractivity contribution in [2.24, 2.45) is 0 Å². The van der Waals surface area contributed by atoms with Gasteiger partial charge in [0.2, 0.25) is 5.91 Å². The van der Waals surface area contributed by atoms with Crippen LogP contribution in [0.5, 0.6) is 0 Å². The number of rotatable bonds is 8. The first-order valence-electron chi connectivity index (χ1n) is 11.4. The Morgan fingerprint density at radius 1 is 1.06 bits per heavy atom. The van der Waals surface area contributed by atoms with Gasteiger partial charge >= 0.3 is 0 Å². The van der Waals surface area contributed by atoms with Crippen molar-refractivity contribution in [1.29, 1.82) is 0 Å². The molecule has 0 unspecified atom stereocenters. The summed E-state index contributed by atoms with van der Waals surface area (Å²) in [5, 5.41) is 13.5.